The summed E-state index contributed by atoms with van der Waals surface area (Å²) in [6.07, 6.45) is 1.39. The van der Waals surface area contributed by atoms with Crippen LogP contribution in [0.2, 0.25) is 0 Å². The van der Waals surface area contributed by atoms with Crippen molar-refractivity contribution >= 4 is 27.7 Å². The maximum atomic E-state index is 12.5. The molecule has 0 spiro atoms. The minimum atomic E-state index is -1.21. The minimum Gasteiger partial charge on any atom is -0.477 e. The van der Waals surface area contributed by atoms with Gasteiger partial charge >= 0.3 is 5.97 Å². The SMILES string of the molecule is CCn1cc(C(=O)O)c(=O)c2c(-c3ccccc3)nsc21. The lowest BCUT2D eigenvalue weighted by atomic mass is 10.1. The second-order valence-corrected chi connectivity index (χ2v) is 5.29. The van der Waals surface area contributed by atoms with E-state index in [0.717, 1.165) is 5.56 Å². The number of fused-ring (bicyclic) bond motifs is 1. The number of carboxylic acids is 1. The first kappa shape index (κ1) is 13.5. The molecule has 0 bridgehead atoms. The largest absolute Gasteiger partial charge is 0.477 e. The molecule has 21 heavy (non-hydrogen) atoms. The molecule has 0 aliphatic heterocycles. The highest BCUT2D eigenvalue weighted by molar-refractivity contribution is 7.13. The van der Waals surface area contributed by atoms with E-state index in [4.69, 9.17) is 0 Å². The summed E-state index contributed by atoms with van der Waals surface area (Å²) in [4.78, 5) is 24.4. The van der Waals surface area contributed by atoms with E-state index < -0.39 is 11.4 Å². The zero-order valence-electron chi connectivity index (χ0n) is 11.2. The third-order valence-corrected chi connectivity index (χ3v) is 4.20. The molecular weight excluding hydrogens is 288 g/mol. The van der Waals surface area contributed by atoms with Crippen molar-refractivity contribution in [1.29, 1.82) is 0 Å². The first-order chi connectivity index (χ1) is 10.1. The lowest BCUT2D eigenvalue weighted by Crippen LogP contribution is -2.18. The Labute approximate surface area is 124 Å². The number of nitrogens with zero attached hydrogens (tertiary/aromatic N) is 2. The molecule has 1 N–H and O–H groups in total. The van der Waals surface area contributed by atoms with Crippen LogP contribution in [0.1, 0.15) is 17.3 Å². The van der Waals surface area contributed by atoms with Gasteiger partial charge < -0.3 is 9.67 Å². The van der Waals surface area contributed by atoms with Gasteiger partial charge in [-0.05, 0) is 18.5 Å². The molecule has 2 heterocycles. The monoisotopic (exact) mass is 300 g/mol. The second-order valence-electron chi connectivity index (χ2n) is 4.54. The quantitative estimate of drug-likeness (QED) is 0.807. The van der Waals surface area contributed by atoms with Crippen LogP contribution in [0, 0.1) is 0 Å². The summed E-state index contributed by atoms with van der Waals surface area (Å²) < 4.78 is 6.12. The lowest BCUT2D eigenvalue weighted by Gasteiger charge is -2.06. The molecule has 3 rings (SSSR count). The topological polar surface area (TPSA) is 72.2 Å². The zero-order chi connectivity index (χ0) is 15.0. The standard InChI is InChI=1S/C15H12N2O3S/c1-2-17-8-10(15(19)20)13(18)11-12(16-21-14(11)17)9-6-4-3-5-7-9/h3-8H,2H2,1H3,(H,19,20). The molecule has 5 nitrogen and oxygen atoms in total. The normalized spacial score (nSPS) is 10.9. The number of hydrogen-bond donors (Lipinski definition) is 1. The van der Waals surface area contributed by atoms with Gasteiger partial charge in [0.1, 0.15) is 10.4 Å². The summed E-state index contributed by atoms with van der Waals surface area (Å²) >= 11 is 1.21. The van der Waals surface area contributed by atoms with E-state index in [2.05, 4.69) is 4.37 Å². The molecule has 3 aromatic rings. The van der Waals surface area contributed by atoms with Crippen LogP contribution in [0.25, 0.3) is 21.5 Å². The molecule has 0 aliphatic rings. The van der Waals surface area contributed by atoms with Gasteiger partial charge in [-0.3, -0.25) is 4.79 Å². The van der Waals surface area contributed by atoms with E-state index >= 15 is 0 Å². The van der Waals surface area contributed by atoms with Gasteiger partial charge in [0.15, 0.2) is 0 Å². The molecule has 0 radical (unpaired) electrons. The van der Waals surface area contributed by atoms with Gasteiger partial charge in [0, 0.05) is 18.3 Å². The molecule has 2 aromatic heterocycles. The summed E-state index contributed by atoms with van der Waals surface area (Å²) in [5, 5.41) is 9.60. The van der Waals surface area contributed by atoms with Crippen LogP contribution in [0.5, 0.6) is 0 Å². The highest BCUT2D eigenvalue weighted by Crippen LogP contribution is 2.28. The van der Waals surface area contributed by atoms with E-state index in [1.165, 1.54) is 17.7 Å². The fraction of sp³-hybridized carbons (Fsp3) is 0.133. The zero-order valence-corrected chi connectivity index (χ0v) is 12.1. The Kier molecular flexibility index (Phi) is 3.31. The number of carboxylic acid groups (broad SMARTS) is 1. The van der Waals surface area contributed by atoms with Crippen molar-refractivity contribution in [3.8, 4) is 11.3 Å². The fourth-order valence-corrected chi connectivity index (χ4v) is 3.21. The van der Waals surface area contributed by atoms with Crippen LogP contribution in [-0.2, 0) is 6.54 Å². The van der Waals surface area contributed by atoms with Crippen molar-refractivity contribution in [2.75, 3.05) is 0 Å². The lowest BCUT2D eigenvalue weighted by molar-refractivity contribution is 0.0695. The van der Waals surface area contributed by atoms with E-state index in [1.807, 2.05) is 37.3 Å². The van der Waals surface area contributed by atoms with Crippen molar-refractivity contribution in [3.05, 3.63) is 52.3 Å². The molecule has 0 saturated carbocycles. The summed E-state index contributed by atoms with van der Waals surface area (Å²) in [7, 11) is 0. The number of aromatic nitrogens is 2. The first-order valence-corrected chi connectivity index (χ1v) is 7.22. The summed E-state index contributed by atoms with van der Waals surface area (Å²) in [5.74, 6) is -1.21. The van der Waals surface area contributed by atoms with Crippen molar-refractivity contribution in [3.63, 3.8) is 0 Å². The van der Waals surface area contributed by atoms with Crippen LogP contribution in [0.3, 0.4) is 0 Å². The van der Waals surface area contributed by atoms with Gasteiger partial charge in [0.2, 0.25) is 5.43 Å². The first-order valence-electron chi connectivity index (χ1n) is 6.45. The van der Waals surface area contributed by atoms with Gasteiger partial charge in [0.25, 0.3) is 0 Å². The second kappa shape index (κ2) is 5.14. The van der Waals surface area contributed by atoms with Crippen molar-refractivity contribution < 1.29 is 9.90 Å². The predicted octanol–water partition coefficient (Wildman–Crippen LogP) is 2.84. The number of aryl methyl sites for hydroxylation is 1. The van der Waals surface area contributed by atoms with E-state index in [-0.39, 0.29) is 5.56 Å². The molecule has 0 unspecified atom stereocenters. The van der Waals surface area contributed by atoms with Gasteiger partial charge in [-0.2, -0.15) is 4.37 Å². The molecule has 0 saturated heterocycles. The average Bonchev–Trinajstić information content (AvgIpc) is 2.94. The Hall–Kier alpha value is -2.47. The Balaban J connectivity index is 2.42. The van der Waals surface area contributed by atoms with Crippen molar-refractivity contribution in [2.45, 2.75) is 13.5 Å². The maximum Gasteiger partial charge on any atom is 0.341 e. The number of rotatable bonds is 3. The van der Waals surface area contributed by atoms with Gasteiger partial charge in [-0.15, -0.1) is 0 Å². The molecular formula is C15H12N2O3S. The van der Waals surface area contributed by atoms with E-state index in [1.54, 1.807) is 4.57 Å². The molecule has 0 amide bonds. The summed E-state index contributed by atoms with van der Waals surface area (Å²) in [5.41, 5.74) is 0.661. The summed E-state index contributed by atoms with van der Waals surface area (Å²) in [6.45, 7) is 2.48. The van der Waals surface area contributed by atoms with Crippen molar-refractivity contribution in [1.82, 2.24) is 8.94 Å². The average molecular weight is 300 g/mol. The Morgan fingerprint density at radius 1 is 1.33 bits per heavy atom. The highest BCUT2D eigenvalue weighted by Gasteiger charge is 2.20. The third-order valence-electron chi connectivity index (χ3n) is 3.31. The van der Waals surface area contributed by atoms with Crippen LogP contribution < -0.4 is 5.43 Å². The number of carbonyl (C=O) groups is 1. The molecule has 106 valence electrons. The fourth-order valence-electron chi connectivity index (χ4n) is 2.27. The Bertz CT molecular complexity index is 881. The molecule has 6 heteroatoms. The Morgan fingerprint density at radius 2 is 2.05 bits per heavy atom. The predicted molar refractivity (Wildman–Crippen MR) is 81.9 cm³/mol. The molecule has 0 fully saturated rings. The van der Waals surface area contributed by atoms with Gasteiger partial charge in [0.05, 0.1) is 11.1 Å². The van der Waals surface area contributed by atoms with Crippen LogP contribution >= 0.6 is 11.5 Å². The van der Waals surface area contributed by atoms with Crippen LogP contribution in [0.15, 0.2) is 41.3 Å². The maximum absolute atomic E-state index is 12.5. The highest BCUT2D eigenvalue weighted by atomic mass is 32.1. The van der Waals surface area contributed by atoms with Crippen LogP contribution in [0.4, 0.5) is 0 Å². The number of benzene rings is 1. The van der Waals surface area contributed by atoms with E-state index in [9.17, 15) is 14.7 Å². The minimum absolute atomic E-state index is 0.221. The third kappa shape index (κ3) is 2.13. The molecule has 0 aliphatic carbocycles. The van der Waals surface area contributed by atoms with Crippen molar-refractivity contribution in [2.24, 2.45) is 0 Å². The van der Waals surface area contributed by atoms with E-state index in [0.29, 0.717) is 22.5 Å². The molecule has 0 atom stereocenters. The van der Waals surface area contributed by atoms with Gasteiger partial charge in [-0.25, -0.2) is 4.79 Å². The number of aromatic carboxylic acids is 1. The smallest absolute Gasteiger partial charge is 0.341 e. The molecule has 1 aromatic carbocycles. The Morgan fingerprint density at radius 3 is 2.67 bits per heavy atom. The number of hydrogen-bond acceptors (Lipinski definition) is 4. The number of pyridine rings is 1. The summed E-state index contributed by atoms with van der Waals surface area (Å²) in [6, 6.07) is 9.32. The van der Waals surface area contributed by atoms with Crippen LogP contribution in [-0.4, -0.2) is 20.0 Å². The van der Waals surface area contributed by atoms with Gasteiger partial charge in [-0.1, -0.05) is 30.3 Å².